The van der Waals surface area contributed by atoms with Crippen LogP contribution in [0, 0.1) is 6.57 Å². The van der Waals surface area contributed by atoms with Crippen molar-refractivity contribution < 1.29 is 9.90 Å². The van der Waals surface area contributed by atoms with E-state index in [2.05, 4.69) is 10.2 Å². The number of halogens is 2. The molecule has 2 atom stereocenters. The molecule has 0 aromatic heterocycles. The second kappa shape index (κ2) is 10.3. The molecule has 3 aromatic carbocycles. The summed E-state index contributed by atoms with van der Waals surface area (Å²) < 4.78 is 0. The van der Waals surface area contributed by atoms with Gasteiger partial charge in [0.05, 0.1) is 18.7 Å². The van der Waals surface area contributed by atoms with Gasteiger partial charge in [-0.05, 0) is 60.5 Å². The van der Waals surface area contributed by atoms with Gasteiger partial charge >= 0.3 is 6.03 Å². The highest BCUT2D eigenvalue weighted by Crippen LogP contribution is 2.31. The van der Waals surface area contributed by atoms with Gasteiger partial charge in [0.1, 0.15) is 0 Å². The number of anilines is 2. The van der Waals surface area contributed by atoms with Gasteiger partial charge in [-0.3, -0.25) is 4.90 Å². The maximum Gasteiger partial charge on any atom is 0.326 e. The van der Waals surface area contributed by atoms with Crippen molar-refractivity contribution in [3.05, 3.63) is 99.8 Å². The number of aliphatic hydroxyl groups is 1. The van der Waals surface area contributed by atoms with Crippen LogP contribution in [0.1, 0.15) is 25.0 Å². The standard InChI is InChI=1S/C24H21Cl2N3O2/c1-3-22(23(30)16-5-4-6-20(15-16)27-2)29(21-13-9-18(26)10-14-21)24(31)28-19-11-7-17(25)8-12-19/h4-15,22-23,30H,3H2,1H3,(H,28,31). The van der Waals surface area contributed by atoms with Crippen molar-refractivity contribution in [2.24, 2.45) is 0 Å². The number of carbonyl (C=O) groups is 1. The second-order valence-corrected chi connectivity index (χ2v) is 7.78. The first-order valence-corrected chi connectivity index (χ1v) is 10.5. The molecule has 31 heavy (non-hydrogen) atoms. The lowest BCUT2D eigenvalue weighted by Gasteiger charge is -2.35. The van der Waals surface area contributed by atoms with Crippen LogP contribution in [0.3, 0.4) is 0 Å². The van der Waals surface area contributed by atoms with Crippen molar-refractivity contribution in [3.63, 3.8) is 0 Å². The van der Waals surface area contributed by atoms with Crippen molar-refractivity contribution >= 4 is 46.3 Å². The minimum Gasteiger partial charge on any atom is -0.386 e. The Balaban J connectivity index is 1.98. The Hall–Kier alpha value is -3.04. The van der Waals surface area contributed by atoms with Crippen molar-refractivity contribution in [2.75, 3.05) is 10.2 Å². The van der Waals surface area contributed by atoms with E-state index < -0.39 is 18.2 Å². The molecule has 0 aliphatic carbocycles. The number of nitrogens with one attached hydrogen (secondary N) is 1. The van der Waals surface area contributed by atoms with Crippen LogP contribution in [0.25, 0.3) is 4.85 Å². The van der Waals surface area contributed by atoms with E-state index in [0.717, 1.165) is 0 Å². The third kappa shape index (κ3) is 5.56. The lowest BCUT2D eigenvalue weighted by Crippen LogP contribution is -2.46. The highest BCUT2D eigenvalue weighted by atomic mass is 35.5. The van der Waals surface area contributed by atoms with Crippen LogP contribution in [0.5, 0.6) is 0 Å². The lowest BCUT2D eigenvalue weighted by molar-refractivity contribution is 0.141. The monoisotopic (exact) mass is 453 g/mol. The fraction of sp³-hybridized carbons (Fsp3) is 0.167. The average molecular weight is 454 g/mol. The molecule has 0 heterocycles. The molecule has 158 valence electrons. The molecule has 0 spiro atoms. The van der Waals surface area contributed by atoms with E-state index in [-0.39, 0.29) is 0 Å². The highest BCUT2D eigenvalue weighted by Gasteiger charge is 2.31. The molecule has 7 heteroatoms. The van der Waals surface area contributed by atoms with E-state index >= 15 is 0 Å². The van der Waals surface area contributed by atoms with Gasteiger partial charge in [0.15, 0.2) is 5.69 Å². The number of amides is 2. The lowest BCUT2D eigenvalue weighted by atomic mass is 9.98. The number of rotatable bonds is 6. The Bertz CT molecular complexity index is 1080. The molecular weight excluding hydrogens is 433 g/mol. The quantitative estimate of drug-likeness (QED) is 0.391. The predicted octanol–water partition coefficient (Wildman–Crippen LogP) is 7.09. The number of urea groups is 1. The fourth-order valence-corrected chi connectivity index (χ4v) is 3.58. The summed E-state index contributed by atoms with van der Waals surface area (Å²) in [5.74, 6) is 0. The molecule has 5 nitrogen and oxygen atoms in total. The van der Waals surface area contributed by atoms with E-state index in [4.69, 9.17) is 29.8 Å². The molecule has 2 N–H and O–H groups in total. The molecule has 0 aliphatic heterocycles. The van der Waals surface area contributed by atoms with Crippen LogP contribution in [0.4, 0.5) is 21.9 Å². The summed E-state index contributed by atoms with van der Waals surface area (Å²) in [6, 6.07) is 19.4. The molecule has 3 rings (SSSR count). The Morgan fingerprint density at radius 2 is 1.68 bits per heavy atom. The van der Waals surface area contributed by atoms with Crippen LogP contribution in [0.15, 0.2) is 72.8 Å². The largest absolute Gasteiger partial charge is 0.386 e. The Labute approximate surface area is 191 Å². The molecule has 0 fully saturated rings. The van der Waals surface area contributed by atoms with Gasteiger partial charge in [0, 0.05) is 21.4 Å². The van der Waals surface area contributed by atoms with Gasteiger partial charge in [-0.25, -0.2) is 9.64 Å². The van der Waals surface area contributed by atoms with Crippen LogP contribution < -0.4 is 10.2 Å². The van der Waals surface area contributed by atoms with E-state index in [9.17, 15) is 9.90 Å². The molecule has 0 saturated carbocycles. The first-order valence-electron chi connectivity index (χ1n) is 9.69. The Morgan fingerprint density at radius 3 is 2.26 bits per heavy atom. The summed E-state index contributed by atoms with van der Waals surface area (Å²) in [6.45, 7) is 9.12. The SMILES string of the molecule is [C-]#[N+]c1cccc(C(O)C(CC)N(C(=O)Nc2ccc(Cl)cc2)c2ccc(Cl)cc2)c1. The zero-order valence-corrected chi connectivity index (χ0v) is 18.3. The summed E-state index contributed by atoms with van der Waals surface area (Å²) in [6.07, 6.45) is -0.529. The van der Waals surface area contributed by atoms with E-state index in [1.54, 1.807) is 72.8 Å². The topological polar surface area (TPSA) is 56.9 Å². The Morgan fingerprint density at radius 1 is 1.06 bits per heavy atom. The van der Waals surface area contributed by atoms with Gasteiger partial charge in [0.25, 0.3) is 0 Å². The van der Waals surface area contributed by atoms with Gasteiger partial charge < -0.3 is 10.4 Å². The summed E-state index contributed by atoms with van der Waals surface area (Å²) in [5, 5.41) is 15.1. The minimum absolute atomic E-state index is 0.406. The van der Waals surface area contributed by atoms with E-state index in [1.807, 2.05) is 6.92 Å². The molecule has 0 radical (unpaired) electrons. The van der Waals surface area contributed by atoms with Gasteiger partial charge in [0.2, 0.25) is 0 Å². The summed E-state index contributed by atoms with van der Waals surface area (Å²) in [7, 11) is 0. The predicted molar refractivity (Wildman–Crippen MR) is 126 cm³/mol. The number of hydrogen-bond donors (Lipinski definition) is 2. The van der Waals surface area contributed by atoms with Gasteiger partial charge in [-0.1, -0.05) is 54.4 Å². The number of hydrogen-bond acceptors (Lipinski definition) is 2. The molecule has 3 aromatic rings. The van der Waals surface area contributed by atoms with Crippen molar-refractivity contribution in [1.29, 1.82) is 0 Å². The average Bonchev–Trinajstić information content (AvgIpc) is 2.79. The molecule has 0 aliphatic rings. The fourth-order valence-electron chi connectivity index (χ4n) is 3.33. The van der Waals surface area contributed by atoms with Crippen LogP contribution in [-0.2, 0) is 0 Å². The summed E-state index contributed by atoms with van der Waals surface area (Å²) in [5.41, 5.74) is 2.16. The van der Waals surface area contributed by atoms with Gasteiger partial charge in [-0.15, -0.1) is 0 Å². The van der Waals surface area contributed by atoms with Crippen LogP contribution >= 0.6 is 23.2 Å². The minimum atomic E-state index is -1.00. The number of benzene rings is 3. The first kappa shape index (κ1) is 22.6. The van der Waals surface area contributed by atoms with Crippen molar-refractivity contribution in [2.45, 2.75) is 25.5 Å². The second-order valence-electron chi connectivity index (χ2n) is 6.91. The van der Waals surface area contributed by atoms with Crippen molar-refractivity contribution in [3.8, 4) is 0 Å². The number of aliphatic hydroxyl groups excluding tert-OH is 1. The smallest absolute Gasteiger partial charge is 0.326 e. The molecule has 2 unspecified atom stereocenters. The molecule has 0 bridgehead atoms. The third-order valence-electron chi connectivity index (χ3n) is 4.87. The molecular formula is C24H21Cl2N3O2. The number of nitrogens with zero attached hydrogens (tertiary/aromatic N) is 2. The van der Waals surface area contributed by atoms with Gasteiger partial charge in [-0.2, -0.15) is 0 Å². The molecule has 2 amide bonds. The normalized spacial score (nSPS) is 12.5. The third-order valence-corrected chi connectivity index (χ3v) is 5.38. The van der Waals surface area contributed by atoms with E-state index in [0.29, 0.717) is 39.1 Å². The van der Waals surface area contributed by atoms with Crippen molar-refractivity contribution in [1.82, 2.24) is 0 Å². The Kier molecular flexibility index (Phi) is 7.54. The maximum atomic E-state index is 13.3. The zero-order chi connectivity index (χ0) is 22.4. The van der Waals surface area contributed by atoms with Crippen LogP contribution in [0.2, 0.25) is 10.0 Å². The summed E-state index contributed by atoms with van der Waals surface area (Å²) in [4.78, 5) is 18.3. The maximum absolute atomic E-state index is 13.3. The summed E-state index contributed by atoms with van der Waals surface area (Å²) >= 11 is 12.0. The van der Waals surface area contributed by atoms with E-state index in [1.165, 1.54) is 4.90 Å². The molecule has 0 saturated heterocycles. The van der Waals surface area contributed by atoms with Crippen LogP contribution in [-0.4, -0.2) is 17.2 Å². The highest BCUT2D eigenvalue weighted by molar-refractivity contribution is 6.31. The number of carbonyl (C=O) groups excluding carboxylic acids is 1. The first-order chi connectivity index (χ1) is 14.9. The zero-order valence-electron chi connectivity index (χ0n) is 16.8.